The normalized spacial score (nSPS) is 19.9. The monoisotopic (exact) mass is 717 g/mol. The van der Waals surface area contributed by atoms with Crippen LogP contribution < -0.4 is 19.7 Å². The maximum atomic E-state index is 14.2. The topological polar surface area (TPSA) is 171 Å². The number of anilines is 2. The van der Waals surface area contributed by atoms with Gasteiger partial charge in [0, 0.05) is 32.5 Å². The lowest BCUT2D eigenvalue weighted by molar-refractivity contribution is -0.198. The van der Waals surface area contributed by atoms with Crippen molar-refractivity contribution in [2.24, 2.45) is 7.05 Å². The predicted molar refractivity (Wildman–Crippen MR) is 187 cm³/mol. The maximum Gasteiger partial charge on any atom is 0.416 e. The van der Waals surface area contributed by atoms with Gasteiger partial charge in [-0.05, 0) is 55.7 Å². The number of methoxy groups -OCH3 is 1. The number of amides is 3. The average molecular weight is 718 g/mol. The van der Waals surface area contributed by atoms with E-state index in [1.165, 1.54) is 35.9 Å². The van der Waals surface area contributed by atoms with E-state index < -0.39 is 30.6 Å². The molecule has 3 atom stereocenters. The number of hydrogen-bond acceptors (Lipinski definition) is 10. The van der Waals surface area contributed by atoms with Gasteiger partial charge in [-0.1, -0.05) is 36.9 Å². The molecule has 6 rings (SSSR count). The third kappa shape index (κ3) is 8.05. The minimum Gasteiger partial charge on any atom is -0.493 e. The second-order valence-electron chi connectivity index (χ2n) is 12.8. The number of ether oxygens (including phenoxy) is 5. The smallest absolute Gasteiger partial charge is 0.416 e. The SMILES string of the molecule is C=CCOC(=O)N1c2cc(OCc3cccc(CC(=O)Nc4cn(C)c(C(=O)O)n4)c3)c(OC)cc2C(=O)N2CCCC[C@H]2C1OC1CCCCO1. The van der Waals surface area contributed by atoms with Gasteiger partial charge >= 0.3 is 12.1 Å². The fraction of sp³-hybridized carbons (Fsp3) is 0.432. The van der Waals surface area contributed by atoms with Crippen LogP contribution in [0.4, 0.5) is 16.3 Å². The van der Waals surface area contributed by atoms with E-state index in [0.29, 0.717) is 37.3 Å². The molecular formula is C37H43N5O10. The van der Waals surface area contributed by atoms with Crippen molar-refractivity contribution in [1.29, 1.82) is 0 Å². The lowest BCUT2D eigenvalue weighted by atomic mass is 10.00. The van der Waals surface area contributed by atoms with Gasteiger partial charge in [0.25, 0.3) is 5.91 Å². The fourth-order valence-corrected chi connectivity index (χ4v) is 6.78. The molecule has 3 aliphatic heterocycles. The van der Waals surface area contributed by atoms with Crippen LogP contribution in [-0.2, 0) is 39.1 Å². The first-order valence-electron chi connectivity index (χ1n) is 17.3. The van der Waals surface area contributed by atoms with Crippen molar-refractivity contribution in [2.45, 2.75) is 70.1 Å². The van der Waals surface area contributed by atoms with E-state index in [4.69, 9.17) is 23.7 Å². The highest BCUT2D eigenvalue weighted by atomic mass is 16.7. The summed E-state index contributed by atoms with van der Waals surface area (Å²) in [5.74, 6) is -1.32. The fourth-order valence-electron chi connectivity index (χ4n) is 6.78. The van der Waals surface area contributed by atoms with Crippen molar-refractivity contribution in [3.63, 3.8) is 0 Å². The van der Waals surface area contributed by atoms with Crippen LogP contribution in [0.5, 0.6) is 11.5 Å². The number of rotatable bonds is 12. The standard InChI is InChI=1S/C37H43N5O10/c1-4-15-50-37(47)42-27-20-29(51-22-24-11-9-10-23(17-24)18-31(43)38-30-21-40(2)33(39-30)36(45)46)28(48-3)19-25(27)34(44)41-14-7-5-12-26(41)35(42)52-32-13-6-8-16-49-32/h4,9-11,17,19-21,26,32,35H,1,5-8,12-16,18,22H2,2-3H3,(H,38,43)(H,45,46)/t26-,32?,35?/m0/s1. The Bertz CT molecular complexity index is 1820. The van der Waals surface area contributed by atoms with Crippen LogP contribution in [0.3, 0.4) is 0 Å². The number of piperidine rings is 1. The van der Waals surface area contributed by atoms with Crippen LogP contribution in [0.15, 0.2) is 55.3 Å². The van der Waals surface area contributed by atoms with Gasteiger partial charge in [0.1, 0.15) is 13.2 Å². The Hall–Kier alpha value is -5.41. The zero-order chi connectivity index (χ0) is 36.8. The third-order valence-corrected chi connectivity index (χ3v) is 9.20. The van der Waals surface area contributed by atoms with E-state index in [0.717, 1.165) is 31.2 Å². The third-order valence-electron chi connectivity index (χ3n) is 9.20. The second kappa shape index (κ2) is 16.3. The lowest BCUT2D eigenvalue weighted by Crippen LogP contribution is -2.57. The van der Waals surface area contributed by atoms with Crippen molar-refractivity contribution in [1.82, 2.24) is 14.5 Å². The van der Waals surface area contributed by atoms with Crippen molar-refractivity contribution in [3.8, 4) is 11.5 Å². The summed E-state index contributed by atoms with van der Waals surface area (Å²) in [5, 5.41) is 11.9. The van der Waals surface area contributed by atoms with Gasteiger partial charge in [-0.15, -0.1) is 0 Å². The number of carbonyl (C=O) groups excluding carboxylic acids is 3. The van der Waals surface area contributed by atoms with E-state index in [2.05, 4.69) is 16.9 Å². The molecule has 2 aromatic carbocycles. The molecule has 2 unspecified atom stereocenters. The zero-order valence-electron chi connectivity index (χ0n) is 29.2. The van der Waals surface area contributed by atoms with Crippen LogP contribution in [0.2, 0.25) is 0 Å². The largest absolute Gasteiger partial charge is 0.493 e. The van der Waals surface area contributed by atoms with Gasteiger partial charge < -0.3 is 43.6 Å². The molecule has 0 spiro atoms. The first-order valence-corrected chi connectivity index (χ1v) is 17.3. The molecule has 2 saturated heterocycles. The number of fused-ring (bicyclic) bond motifs is 2. The van der Waals surface area contributed by atoms with Crippen molar-refractivity contribution in [3.05, 3.63) is 77.8 Å². The highest BCUT2D eigenvalue weighted by Crippen LogP contribution is 2.42. The summed E-state index contributed by atoms with van der Waals surface area (Å²) in [5.41, 5.74) is 1.93. The van der Waals surface area contributed by atoms with E-state index >= 15 is 0 Å². The van der Waals surface area contributed by atoms with Gasteiger partial charge in [0.05, 0.1) is 30.8 Å². The molecule has 3 aliphatic rings. The second-order valence-corrected chi connectivity index (χ2v) is 12.8. The molecule has 0 aliphatic carbocycles. The molecule has 15 nitrogen and oxygen atoms in total. The van der Waals surface area contributed by atoms with E-state index in [-0.39, 0.29) is 60.1 Å². The Morgan fingerprint density at radius 3 is 2.63 bits per heavy atom. The molecule has 0 radical (unpaired) electrons. The van der Waals surface area contributed by atoms with Gasteiger partial charge in [-0.25, -0.2) is 19.5 Å². The minimum absolute atomic E-state index is 0.00262. The summed E-state index contributed by atoms with van der Waals surface area (Å²) in [4.78, 5) is 59.3. The zero-order valence-corrected chi connectivity index (χ0v) is 29.2. The number of imidazole rings is 1. The maximum absolute atomic E-state index is 14.2. The van der Waals surface area contributed by atoms with E-state index in [1.54, 1.807) is 29.2 Å². The number of carboxylic acids is 1. The number of nitrogens with one attached hydrogen (secondary N) is 1. The van der Waals surface area contributed by atoms with Crippen LogP contribution >= 0.6 is 0 Å². The van der Waals surface area contributed by atoms with Crippen LogP contribution in [0.1, 0.15) is 70.6 Å². The summed E-state index contributed by atoms with van der Waals surface area (Å²) >= 11 is 0. The minimum atomic E-state index is -1.20. The van der Waals surface area contributed by atoms with Gasteiger partial charge in [0.15, 0.2) is 29.8 Å². The number of hydrogen-bond donors (Lipinski definition) is 2. The molecule has 0 saturated carbocycles. The molecule has 0 bridgehead atoms. The van der Waals surface area contributed by atoms with Crippen molar-refractivity contribution in [2.75, 3.05) is 37.1 Å². The predicted octanol–water partition coefficient (Wildman–Crippen LogP) is 4.89. The average Bonchev–Trinajstić information content (AvgIpc) is 3.48. The van der Waals surface area contributed by atoms with Crippen LogP contribution in [0.25, 0.3) is 0 Å². The summed E-state index contributed by atoms with van der Waals surface area (Å²) in [6, 6.07) is 9.97. The molecule has 15 heteroatoms. The quantitative estimate of drug-likeness (QED) is 0.245. The number of aromatic carboxylic acids is 1. The van der Waals surface area contributed by atoms with Gasteiger partial charge in [0.2, 0.25) is 11.7 Å². The molecule has 3 amide bonds. The number of aryl methyl sites for hydroxylation is 1. The Labute approximate surface area is 301 Å². The Kier molecular flexibility index (Phi) is 11.4. The molecule has 2 fully saturated rings. The molecule has 52 heavy (non-hydrogen) atoms. The molecular weight excluding hydrogens is 674 g/mol. The van der Waals surface area contributed by atoms with Crippen LogP contribution in [-0.4, -0.2) is 88.9 Å². The van der Waals surface area contributed by atoms with E-state index in [9.17, 15) is 24.3 Å². The summed E-state index contributed by atoms with van der Waals surface area (Å²) in [6.45, 7) is 4.75. The Balaban J connectivity index is 1.27. The van der Waals surface area contributed by atoms with Crippen molar-refractivity contribution < 1.29 is 48.0 Å². The first kappa shape index (κ1) is 36.4. The Morgan fingerprint density at radius 1 is 1.10 bits per heavy atom. The lowest BCUT2D eigenvalue weighted by Gasteiger charge is -2.42. The summed E-state index contributed by atoms with van der Waals surface area (Å²) in [7, 11) is 3.00. The van der Waals surface area contributed by atoms with Crippen molar-refractivity contribution >= 4 is 35.4 Å². The highest BCUT2D eigenvalue weighted by Gasteiger charge is 2.47. The number of nitrogens with zero attached hydrogens (tertiary/aromatic N) is 4. The Morgan fingerprint density at radius 2 is 1.90 bits per heavy atom. The van der Waals surface area contributed by atoms with E-state index in [1.807, 2.05) is 12.1 Å². The molecule has 1 aromatic heterocycles. The summed E-state index contributed by atoms with van der Waals surface area (Å²) < 4.78 is 31.4. The summed E-state index contributed by atoms with van der Waals surface area (Å²) in [6.07, 6.45) is 5.56. The molecule has 4 heterocycles. The first-order chi connectivity index (χ1) is 25.2. The molecule has 2 N–H and O–H groups in total. The molecule has 3 aromatic rings. The number of benzene rings is 2. The van der Waals surface area contributed by atoms with Crippen LogP contribution in [0, 0.1) is 0 Å². The number of carboxylic acid groups (broad SMARTS) is 1. The van der Waals surface area contributed by atoms with Gasteiger partial charge in [-0.2, -0.15) is 0 Å². The molecule has 276 valence electrons. The van der Waals surface area contributed by atoms with Gasteiger partial charge in [-0.3, -0.25) is 9.59 Å². The number of aromatic nitrogens is 2. The number of carbonyl (C=O) groups is 4. The highest BCUT2D eigenvalue weighted by molar-refractivity contribution is 6.06.